The van der Waals surface area contributed by atoms with E-state index in [0.29, 0.717) is 34.9 Å². The van der Waals surface area contributed by atoms with Gasteiger partial charge in [0, 0.05) is 28.6 Å². The number of aromatic amines is 1. The molecule has 0 fully saturated rings. The van der Waals surface area contributed by atoms with E-state index < -0.39 is 6.03 Å². The first-order valence-electron chi connectivity index (χ1n) is 10.3. The Labute approximate surface area is 185 Å². The second-order valence-corrected chi connectivity index (χ2v) is 7.44. The van der Waals surface area contributed by atoms with E-state index >= 15 is 0 Å². The molecule has 2 amide bonds. The molecule has 0 spiro atoms. The molecule has 0 aliphatic carbocycles. The highest BCUT2D eigenvalue weighted by Gasteiger charge is 2.17. The topological polar surface area (TPSA) is 105 Å². The van der Waals surface area contributed by atoms with Crippen LogP contribution in [0, 0.1) is 13.8 Å². The van der Waals surface area contributed by atoms with Crippen molar-refractivity contribution in [3.63, 3.8) is 0 Å². The van der Waals surface area contributed by atoms with Crippen LogP contribution in [0.5, 0.6) is 0 Å². The zero-order valence-corrected chi connectivity index (χ0v) is 18.1. The lowest BCUT2D eigenvalue weighted by atomic mass is 10.2. The number of urea groups is 1. The molecule has 0 unspecified atom stereocenters. The van der Waals surface area contributed by atoms with E-state index in [1.807, 2.05) is 68.4 Å². The Morgan fingerprint density at radius 3 is 2.41 bits per heavy atom. The largest absolute Gasteiger partial charge is 0.324 e. The maximum Gasteiger partial charge on any atom is 0.324 e. The molecule has 2 aromatic carbocycles. The van der Waals surface area contributed by atoms with Gasteiger partial charge in [0.2, 0.25) is 5.95 Å². The SMILES string of the molecule is CCc1c(C)nc(-n2nc(-c3ccccc3)cc2NC(=O)Nc2ccc(C)cc2)[nH]c1=O. The van der Waals surface area contributed by atoms with Crippen molar-refractivity contribution >= 4 is 17.5 Å². The minimum Gasteiger partial charge on any atom is -0.308 e. The number of hydrogen-bond acceptors (Lipinski definition) is 4. The Bertz CT molecular complexity index is 1310. The Morgan fingerprint density at radius 1 is 1.03 bits per heavy atom. The normalized spacial score (nSPS) is 10.7. The van der Waals surface area contributed by atoms with E-state index in [0.717, 1.165) is 11.1 Å². The lowest BCUT2D eigenvalue weighted by molar-refractivity contribution is 0.262. The maximum atomic E-state index is 12.7. The van der Waals surface area contributed by atoms with Gasteiger partial charge in [0.1, 0.15) is 5.82 Å². The number of benzene rings is 2. The van der Waals surface area contributed by atoms with Crippen LogP contribution in [0.2, 0.25) is 0 Å². The quantitative estimate of drug-likeness (QED) is 0.437. The lowest BCUT2D eigenvalue weighted by Gasteiger charge is -2.11. The number of carbonyl (C=O) groups excluding carboxylic acids is 1. The summed E-state index contributed by atoms with van der Waals surface area (Å²) in [7, 11) is 0. The Kier molecular flexibility index (Phi) is 5.85. The standard InChI is InChI=1S/C24H24N6O2/c1-4-19-16(3)25-23(28-22(19)31)30-21(14-20(29-30)17-8-6-5-7-9-17)27-24(32)26-18-12-10-15(2)11-13-18/h5-14H,4H2,1-3H3,(H,25,28,31)(H2,26,27,32). The molecular formula is C24H24N6O2. The monoisotopic (exact) mass is 428 g/mol. The number of carbonyl (C=O) groups is 1. The van der Waals surface area contributed by atoms with Gasteiger partial charge < -0.3 is 5.32 Å². The summed E-state index contributed by atoms with van der Waals surface area (Å²) in [4.78, 5) is 32.5. The highest BCUT2D eigenvalue weighted by molar-refractivity contribution is 5.99. The summed E-state index contributed by atoms with van der Waals surface area (Å²) in [5.41, 5.74) is 4.30. The molecule has 0 aliphatic heterocycles. The van der Waals surface area contributed by atoms with Crippen molar-refractivity contribution < 1.29 is 4.79 Å². The van der Waals surface area contributed by atoms with E-state index in [9.17, 15) is 9.59 Å². The maximum absolute atomic E-state index is 12.7. The van der Waals surface area contributed by atoms with Crippen LogP contribution in [0.1, 0.15) is 23.7 Å². The van der Waals surface area contributed by atoms with Crippen molar-refractivity contribution in [2.75, 3.05) is 10.6 Å². The van der Waals surface area contributed by atoms with E-state index in [2.05, 4.69) is 25.7 Å². The molecule has 162 valence electrons. The average Bonchev–Trinajstić information content (AvgIpc) is 3.19. The fraction of sp³-hybridized carbons (Fsp3) is 0.167. The highest BCUT2D eigenvalue weighted by Crippen LogP contribution is 2.24. The summed E-state index contributed by atoms with van der Waals surface area (Å²) in [6.45, 7) is 5.67. The van der Waals surface area contributed by atoms with Gasteiger partial charge in [-0.05, 0) is 32.4 Å². The van der Waals surface area contributed by atoms with Gasteiger partial charge in [0.15, 0.2) is 0 Å². The average molecular weight is 428 g/mol. The lowest BCUT2D eigenvalue weighted by Crippen LogP contribution is -2.24. The number of H-pyrrole nitrogens is 1. The molecule has 0 saturated heterocycles. The van der Waals surface area contributed by atoms with Crippen molar-refractivity contribution in [1.29, 1.82) is 0 Å². The summed E-state index contributed by atoms with van der Waals surface area (Å²) in [6, 6.07) is 18.4. The zero-order chi connectivity index (χ0) is 22.7. The van der Waals surface area contributed by atoms with Crippen LogP contribution in [-0.2, 0) is 6.42 Å². The van der Waals surface area contributed by atoms with Crippen LogP contribution in [0.4, 0.5) is 16.3 Å². The molecule has 0 atom stereocenters. The smallest absolute Gasteiger partial charge is 0.308 e. The van der Waals surface area contributed by atoms with Crippen LogP contribution >= 0.6 is 0 Å². The highest BCUT2D eigenvalue weighted by atomic mass is 16.2. The summed E-state index contributed by atoms with van der Waals surface area (Å²) < 4.78 is 1.44. The van der Waals surface area contributed by atoms with Crippen molar-refractivity contribution in [3.05, 3.63) is 87.8 Å². The number of aromatic nitrogens is 4. The van der Waals surface area contributed by atoms with E-state index in [4.69, 9.17) is 0 Å². The predicted molar refractivity (Wildman–Crippen MR) is 125 cm³/mol. The van der Waals surface area contributed by atoms with E-state index in [1.165, 1.54) is 4.68 Å². The van der Waals surface area contributed by atoms with E-state index in [-0.39, 0.29) is 11.5 Å². The van der Waals surface area contributed by atoms with Crippen LogP contribution in [0.15, 0.2) is 65.5 Å². The molecule has 2 heterocycles. The van der Waals surface area contributed by atoms with Gasteiger partial charge in [-0.3, -0.25) is 15.1 Å². The number of rotatable bonds is 5. The summed E-state index contributed by atoms with van der Waals surface area (Å²) in [6.07, 6.45) is 0.576. The number of aryl methyl sites for hydroxylation is 2. The molecule has 3 N–H and O–H groups in total. The third-order valence-electron chi connectivity index (χ3n) is 5.09. The number of nitrogens with one attached hydrogen (secondary N) is 3. The van der Waals surface area contributed by atoms with Crippen molar-refractivity contribution in [2.45, 2.75) is 27.2 Å². The molecule has 8 heteroatoms. The number of hydrogen-bond donors (Lipinski definition) is 3. The predicted octanol–water partition coefficient (Wildman–Crippen LogP) is 4.45. The van der Waals surface area contributed by atoms with Crippen LogP contribution in [-0.4, -0.2) is 25.8 Å². The molecule has 4 aromatic rings. The van der Waals surface area contributed by atoms with E-state index in [1.54, 1.807) is 13.0 Å². The first-order chi connectivity index (χ1) is 15.4. The molecule has 0 saturated carbocycles. The summed E-state index contributed by atoms with van der Waals surface area (Å²) in [5, 5.41) is 10.2. The van der Waals surface area contributed by atoms with Crippen LogP contribution < -0.4 is 16.2 Å². The van der Waals surface area contributed by atoms with Crippen LogP contribution in [0.25, 0.3) is 17.2 Å². The minimum absolute atomic E-state index is 0.221. The van der Waals surface area contributed by atoms with Gasteiger partial charge in [-0.1, -0.05) is 55.0 Å². The third kappa shape index (κ3) is 4.44. The molecule has 2 aromatic heterocycles. The Morgan fingerprint density at radius 2 is 1.75 bits per heavy atom. The Hall–Kier alpha value is -4.20. The Balaban J connectivity index is 1.72. The van der Waals surface area contributed by atoms with Gasteiger partial charge in [-0.2, -0.15) is 9.78 Å². The second kappa shape index (κ2) is 8.89. The molecule has 8 nitrogen and oxygen atoms in total. The number of anilines is 2. The van der Waals surface area contributed by atoms with Crippen molar-refractivity contribution in [3.8, 4) is 17.2 Å². The summed E-state index contributed by atoms with van der Waals surface area (Å²) in [5.74, 6) is 0.609. The van der Waals surface area contributed by atoms with Gasteiger partial charge >= 0.3 is 6.03 Å². The van der Waals surface area contributed by atoms with Crippen LogP contribution in [0.3, 0.4) is 0 Å². The van der Waals surface area contributed by atoms with Gasteiger partial charge in [0.05, 0.1) is 5.69 Å². The molecule has 4 rings (SSSR count). The van der Waals surface area contributed by atoms with Gasteiger partial charge in [-0.25, -0.2) is 9.78 Å². The first-order valence-corrected chi connectivity index (χ1v) is 10.3. The molecule has 32 heavy (non-hydrogen) atoms. The fourth-order valence-electron chi connectivity index (χ4n) is 3.41. The van der Waals surface area contributed by atoms with Crippen molar-refractivity contribution in [2.24, 2.45) is 0 Å². The third-order valence-corrected chi connectivity index (χ3v) is 5.09. The molecule has 0 aliphatic rings. The van der Waals surface area contributed by atoms with Crippen molar-refractivity contribution in [1.82, 2.24) is 19.7 Å². The minimum atomic E-state index is -0.432. The summed E-state index contributed by atoms with van der Waals surface area (Å²) >= 11 is 0. The van der Waals surface area contributed by atoms with Gasteiger partial charge in [0.25, 0.3) is 5.56 Å². The number of amides is 2. The first kappa shape index (κ1) is 21.0. The molecule has 0 bridgehead atoms. The molecular weight excluding hydrogens is 404 g/mol. The van der Waals surface area contributed by atoms with Gasteiger partial charge in [-0.15, -0.1) is 0 Å². The number of nitrogens with zero attached hydrogens (tertiary/aromatic N) is 3. The zero-order valence-electron chi connectivity index (χ0n) is 18.1. The second-order valence-electron chi connectivity index (χ2n) is 7.44. The molecule has 0 radical (unpaired) electrons. The fourth-order valence-corrected chi connectivity index (χ4v) is 3.41.